The number of nitriles is 1. The molecule has 0 aliphatic rings. The van der Waals surface area contributed by atoms with Crippen molar-refractivity contribution >= 4 is 10.8 Å². The van der Waals surface area contributed by atoms with Gasteiger partial charge in [0.1, 0.15) is 5.75 Å². The van der Waals surface area contributed by atoms with Gasteiger partial charge >= 0.3 is 0 Å². The maximum Gasteiger partial charge on any atom is 0.110 e. The van der Waals surface area contributed by atoms with Crippen molar-refractivity contribution in [2.45, 2.75) is 0 Å². The quantitative estimate of drug-likeness (QED) is 0.464. The van der Waals surface area contributed by atoms with Crippen molar-refractivity contribution in [3.05, 3.63) is 0 Å². The van der Waals surface area contributed by atoms with Gasteiger partial charge in [-0.2, -0.15) is 5.26 Å². The first kappa shape index (κ1) is 5.64. The molecule has 0 saturated carbocycles. The Kier molecular flexibility index (Phi) is 2.68. The van der Waals surface area contributed by atoms with Gasteiger partial charge in [-0.3, -0.25) is 4.21 Å². The fourth-order valence-electron chi connectivity index (χ4n) is 0.0909. The zero-order valence-electron chi connectivity index (χ0n) is 3.47. The number of rotatable bonds is 1. The highest BCUT2D eigenvalue weighted by Gasteiger charge is 1.80. The molecule has 1 atom stereocenters. The maximum atomic E-state index is 9.93. The highest BCUT2D eigenvalue weighted by molar-refractivity contribution is 7.84. The Labute approximate surface area is 39.2 Å². The molecule has 0 aliphatic carbocycles. The molecule has 0 aromatic carbocycles. The monoisotopic (exact) mass is 103 g/mol. The van der Waals surface area contributed by atoms with Crippen molar-refractivity contribution in [3.8, 4) is 6.07 Å². The van der Waals surface area contributed by atoms with E-state index in [0.717, 1.165) is 0 Å². The summed E-state index contributed by atoms with van der Waals surface area (Å²) in [4.78, 5) is 0. The molecule has 3 heteroatoms. The summed E-state index contributed by atoms with van der Waals surface area (Å²) in [5, 5.41) is 7.79. The van der Waals surface area contributed by atoms with Gasteiger partial charge in [0.25, 0.3) is 0 Å². The topological polar surface area (TPSA) is 40.9 Å². The molecule has 34 valence electrons. The minimum atomic E-state index is -0.927. The molecule has 0 saturated heterocycles. The van der Waals surface area contributed by atoms with Gasteiger partial charge in [-0.25, -0.2) is 0 Å². The van der Waals surface area contributed by atoms with Gasteiger partial charge in [0.2, 0.25) is 0 Å². The molecule has 0 unspecified atom stereocenters. The average molecular weight is 103 g/mol. The van der Waals surface area contributed by atoms with Crippen molar-refractivity contribution < 1.29 is 4.21 Å². The van der Waals surface area contributed by atoms with E-state index < -0.39 is 10.8 Å². The lowest BCUT2D eigenvalue weighted by atomic mass is 10.9. The van der Waals surface area contributed by atoms with Gasteiger partial charge in [0.15, 0.2) is 0 Å². The van der Waals surface area contributed by atoms with Crippen LogP contribution in [0.25, 0.3) is 0 Å². The van der Waals surface area contributed by atoms with Crippen LogP contribution in [0, 0.1) is 11.3 Å². The number of hydrogen-bond acceptors (Lipinski definition) is 2. The zero-order valence-corrected chi connectivity index (χ0v) is 4.29. The highest BCUT2D eigenvalue weighted by atomic mass is 32.2. The van der Waals surface area contributed by atoms with Crippen LogP contribution in [0.4, 0.5) is 0 Å². The normalized spacial score (nSPS) is 12.7. The molecule has 0 bridgehead atoms. The van der Waals surface area contributed by atoms with Crippen LogP contribution >= 0.6 is 0 Å². The molecule has 0 aliphatic heterocycles. The molecule has 0 aromatic rings. The molecule has 0 fully saturated rings. The summed E-state index contributed by atoms with van der Waals surface area (Å²) in [7, 11) is -0.927. The van der Waals surface area contributed by atoms with Crippen LogP contribution in [0.5, 0.6) is 0 Å². The molecule has 0 heterocycles. The van der Waals surface area contributed by atoms with Gasteiger partial charge in [0, 0.05) is 17.1 Å². The van der Waals surface area contributed by atoms with Crippen LogP contribution in [-0.2, 0) is 10.8 Å². The molecule has 2 nitrogen and oxygen atoms in total. The first-order valence-electron chi connectivity index (χ1n) is 1.44. The number of nitrogens with zero attached hydrogens (tertiary/aromatic N) is 1. The van der Waals surface area contributed by atoms with E-state index in [9.17, 15) is 4.21 Å². The summed E-state index contributed by atoms with van der Waals surface area (Å²) in [5.41, 5.74) is 0. The van der Waals surface area contributed by atoms with Gasteiger partial charge in [-0.15, -0.1) is 0 Å². The van der Waals surface area contributed by atoms with E-state index >= 15 is 0 Å². The molecule has 0 aromatic heterocycles. The van der Waals surface area contributed by atoms with Gasteiger partial charge in [-0.05, 0) is 0 Å². The Hall–Kier alpha value is -0.360. The Balaban J connectivity index is 3.13. The first-order valence-corrected chi connectivity index (χ1v) is 3.17. The largest absolute Gasteiger partial charge is 0.259 e. The highest BCUT2D eigenvalue weighted by Crippen LogP contribution is 1.65. The van der Waals surface area contributed by atoms with Crippen LogP contribution in [0.15, 0.2) is 0 Å². The van der Waals surface area contributed by atoms with Crippen LogP contribution in [0.2, 0.25) is 0 Å². The fourth-order valence-corrected chi connectivity index (χ4v) is 0.273. The summed E-state index contributed by atoms with van der Waals surface area (Å²) < 4.78 is 9.93. The average Bonchev–Trinajstić information content (AvgIpc) is 1.35. The van der Waals surface area contributed by atoms with E-state index in [1.807, 2.05) is 0 Å². The Bertz CT molecular complexity index is 93.5. The summed E-state index contributed by atoms with van der Waals surface area (Å²) in [6.07, 6.45) is 1.50. The zero-order chi connectivity index (χ0) is 4.99. The SMILES string of the molecule is C[S@](=O)CC#N. The molecule has 0 N–H and O–H groups in total. The third-order valence-electron chi connectivity index (χ3n) is 0.268. The Morgan fingerprint density at radius 3 is 2.50 bits per heavy atom. The van der Waals surface area contributed by atoms with E-state index in [1.54, 1.807) is 6.07 Å². The van der Waals surface area contributed by atoms with E-state index in [1.165, 1.54) is 6.26 Å². The first-order chi connectivity index (χ1) is 2.77. The van der Waals surface area contributed by atoms with E-state index in [0.29, 0.717) is 0 Å². The fraction of sp³-hybridized carbons (Fsp3) is 0.667. The van der Waals surface area contributed by atoms with Crippen molar-refractivity contribution in [1.29, 1.82) is 5.26 Å². The second-order valence-electron chi connectivity index (χ2n) is 0.876. The summed E-state index contributed by atoms with van der Waals surface area (Å²) in [5.74, 6) is 0.153. The van der Waals surface area contributed by atoms with E-state index in [-0.39, 0.29) is 5.75 Å². The second-order valence-corrected chi connectivity index (χ2v) is 2.31. The predicted molar refractivity (Wildman–Crippen MR) is 24.5 cm³/mol. The lowest BCUT2D eigenvalue weighted by molar-refractivity contribution is 0.689. The summed E-state index contributed by atoms with van der Waals surface area (Å²) >= 11 is 0. The summed E-state index contributed by atoms with van der Waals surface area (Å²) in [6, 6.07) is 1.77. The van der Waals surface area contributed by atoms with E-state index in [2.05, 4.69) is 0 Å². The third-order valence-corrected chi connectivity index (χ3v) is 0.803. The van der Waals surface area contributed by atoms with Crippen molar-refractivity contribution in [2.75, 3.05) is 12.0 Å². The lowest BCUT2D eigenvalue weighted by Gasteiger charge is -1.72. The Morgan fingerprint density at radius 2 is 2.50 bits per heavy atom. The molecule has 6 heavy (non-hydrogen) atoms. The molecule has 0 amide bonds. The second kappa shape index (κ2) is 2.86. The van der Waals surface area contributed by atoms with Gasteiger partial charge in [-0.1, -0.05) is 0 Å². The predicted octanol–water partition coefficient (Wildman–Crippen LogP) is -0.112. The molecular weight excluding hydrogens is 98.1 g/mol. The minimum Gasteiger partial charge on any atom is -0.259 e. The van der Waals surface area contributed by atoms with Crippen LogP contribution in [-0.4, -0.2) is 16.2 Å². The van der Waals surface area contributed by atoms with Gasteiger partial charge in [0.05, 0.1) is 6.07 Å². The number of hydrogen-bond donors (Lipinski definition) is 0. The standard InChI is InChI=1S/C3H5NOS/c1-6(5)3-2-4/h3H2,1H3/t6-/m0/s1. The van der Waals surface area contributed by atoms with E-state index in [4.69, 9.17) is 5.26 Å². The van der Waals surface area contributed by atoms with Crippen LogP contribution in [0.1, 0.15) is 0 Å². The minimum absolute atomic E-state index is 0.153. The van der Waals surface area contributed by atoms with Gasteiger partial charge < -0.3 is 0 Å². The molecular formula is C3H5NOS. The lowest BCUT2D eigenvalue weighted by Crippen LogP contribution is -1.86. The van der Waals surface area contributed by atoms with Crippen LogP contribution < -0.4 is 0 Å². The summed E-state index contributed by atoms with van der Waals surface area (Å²) in [6.45, 7) is 0. The molecule has 0 rings (SSSR count). The van der Waals surface area contributed by atoms with Crippen LogP contribution in [0.3, 0.4) is 0 Å². The maximum absolute atomic E-state index is 9.93. The Morgan fingerprint density at radius 1 is 2.00 bits per heavy atom. The smallest absolute Gasteiger partial charge is 0.110 e. The van der Waals surface area contributed by atoms with Crippen molar-refractivity contribution in [3.63, 3.8) is 0 Å². The van der Waals surface area contributed by atoms with Crippen molar-refractivity contribution in [2.24, 2.45) is 0 Å². The molecule has 0 spiro atoms. The third kappa shape index (κ3) is 3.64. The van der Waals surface area contributed by atoms with Crippen molar-refractivity contribution in [1.82, 2.24) is 0 Å². The molecule has 0 radical (unpaired) electrons.